The van der Waals surface area contributed by atoms with Crippen molar-refractivity contribution in [2.45, 2.75) is 26.7 Å². The van der Waals surface area contributed by atoms with Crippen molar-refractivity contribution in [3.8, 4) is 17.1 Å². The van der Waals surface area contributed by atoms with Crippen molar-refractivity contribution < 1.29 is 28.3 Å². The number of hydrogen-bond acceptors (Lipinski definition) is 6. The van der Waals surface area contributed by atoms with Crippen molar-refractivity contribution in [2.75, 3.05) is 6.61 Å². The third-order valence-corrected chi connectivity index (χ3v) is 6.50. The minimum atomic E-state index is -0.544. The van der Waals surface area contributed by atoms with E-state index in [0.717, 1.165) is 28.5 Å². The van der Waals surface area contributed by atoms with E-state index in [1.165, 1.54) is 0 Å². The Bertz CT molecular complexity index is 1650. The number of aldehydes is 1. The van der Waals surface area contributed by atoms with Crippen molar-refractivity contribution in [1.82, 2.24) is 0 Å². The van der Waals surface area contributed by atoms with Crippen LogP contribution in [0.15, 0.2) is 80.6 Å². The number of rotatable bonds is 6. The molecule has 6 nitrogen and oxygen atoms in total. The summed E-state index contributed by atoms with van der Waals surface area (Å²) in [7, 11) is 0. The molecule has 0 saturated heterocycles. The molecular formula is C31H26O6. The van der Waals surface area contributed by atoms with Gasteiger partial charge < -0.3 is 18.7 Å². The molecule has 0 spiro atoms. The number of allylic oxidation sites excluding steroid dienone is 1. The van der Waals surface area contributed by atoms with Gasteiger partial charge in [0.1, 0.15) is 23.2 Å². The quantitative estimate of drug-likeness (QED) is 0.300. The van der Waals surface area contributed by atoms with E-state index in [-0.39, 0.29) is 17.8 Å². The monoisotopic (exact) mass is 494 g/mol. The van der Waals surface area contributed by atoms with Gasteiger partial charge >= 0.3 is 5.97 Å². The molecule has 2 aromatic heterocycles. The van der Waals surface area contributed by atoms with E-state index in [0.29, 0.717) is 33.6 Å². The Labute approximate surface area is 213 Å². The lowest BCUT2D eigenvalue weighted by molar-refractivity contribution is -0.138. The molecule has 1 atom stereocenters. The van der Waals surface area contributed by atoms with Crippen LogP contribution in [0.1, 0.15) is 52.6 Å². The summed E-state index contributed by atoms with van der Waals surface area (Å²) in [5, 5.41) is 11.3. The second-order valence-corrected chi connectivity index (χ2v) is 8.94. The lowest BCUT2D eigenvalue weighted by atomic mass is 9.80. The van der Waals surface area contributed by atoms with E-state index >= 15 is 0 Å². The zero-order chi connectivity index (χ0) is 26.1. The molecule has 5 rings (SSSR count). The molecule has 1 aliphatic rings. The maximum atomic E-state index is 13.0. The first-order valence-electron chi connectivity index (χ1n) is 12.0. The number of furan rings is 2. The number of esters is 1. The molecule has 1 N–H and O–H groups in total. The molecule has 4 aromatic rings. The Morgan fingerprint density at radius 3 is 2.54 bits per heavy atom. The highest BCUT2D eigenvalue weighted by Crippen LogP contribution is 2.38. The predicted molar refractivity (Wildman–Crippen MR) is 140 cm³/mol. The van der Waals surface area contributed by atoms with Gasteiger partial charge in [-0.3, -0.25) is 4.79 Å². The van der Waals surface area contributed by atoms with Crippen LogP contribution in [0.3, 0.4) is 0 Å². The average molecular weight is 495 g/mol. The van der Waals surface area contributed by atoms with Crippen molar-refractivity contribution in [2.24, 2.45) is 0 Å². The fraction of sp³-hybridized carbons (Fsp3) is 0.161. The summed E-state index contributed by atoms with van der Waals surface area (Å²) in [6, 6.07) is 18.5. The van der Waals surface area contributed by atoms with Gasteiger partial charge in [0.15, 0.2) is 11.2 Å². The van der Waals surface area contributed by atoms with E-state index in [9.17, 15) is 14.7 Å². The summed E-state index contributed by atoms with van der Waals surface area (Å²) in [6.45, 7) is 5.77. The summed E-state index contributed by atoms with van der Waals surface area (Å²) in [4.78, 5) is 24.0. The first kappa shape index (κ1) is 24.1. The van der Waals surface area contributed by atoms with Gasteiger partial charge in [0.25, 0.3) is 0 Å². The lowest BCUT2D eigenvalue weighted by Crippen LogP contribution is -2.24. The zero-order valence-electron chi connectivity index (χ0n) is 20.8. The van der Waals surface area contributed by atoms with Gasteiger partial charge in [0.05, 0.1) is 17.7 Å². The first-order chi connectivity index (χ1) is 17.9. The SMILES string of the molecule is CCOC(=O)C1=C(C)C=c2oc(=Cc3ccc(-c4ccc(C=O)cc4C)o3)c(O)c2C1c1ccccc1. The van der Waals surface area contributed by atoms with Crippen LogP contribution in [0.5, 0.6) is 5.75 Å². The van der Waals surface area contributed by atoms with Crippen LogP contribution in [-0.2, 0) is 9.53 Å². The molecule has 2 aromatic carbocycles. The van der Waals surface area contributed by atoms with Crippen LogP contribution in [0.2, 0.25) is 0 Å². The number of carbonyl (C=O) groups is 2. The van der Waals surface area contributed by atoms with E-state index in [1.807, 2.05) is 56.3 Å². The number of aryl methyl sites for hydroxylation is 1. The third-order valence-electron chi connectivity index (χ3n) is 6.50. The number of benzene rings is 2. The van der Waals surface area contributed by atoms with Crippen molar-refractivity contribution in [3.63, 3.8) is 0 Å². The van der Waals surface area contributed by atoms with E-state index in [2.05, 4.69) is 0 Å². The van der Waals surface area contributed by atoms with Crippen LogP contribution in [0, 0.1) is 6.92 Å². The fourth-order valence-electron chi connectivity index (χ4n) is 4.81. The van der Waals surface area contributed by atoms with Crippen molar-refractivity contribution in [1.29, 1.82) is 0 Å². The van der Waals surface area contributed by atoms with Crippen molar-refractivity contribution >= 4 is 24.4 Å². The number of carbonyl (C=O) groups excluding carboxylic acids is 2. The molecule has 0 amide bonds. The molecule has 6 heteroatoms. The van der Waals surface area contributed by atoms with Gasteiger partial charge in [-0.25, -0.2) is 4.79 Å². The summed E-state index contributed by atoms with van der Waals surface area (Å²) in [6.07, 6.45) is 4.19. The molecule has 0 fully saturated rings. The highest BCUT2D eigenvalue weighted by Gasteiger charge is 2.34. The van der Waals surface area contributed by atoms with Crippen LogP contribution in [0.25, 0.3) is 23.5 Å². The van der Waals surface area contributed by atoms with Crippen LogP contribution >= 0.6 is 0 Å². The molecular weight excluding hydrogens is 468 g/mol. The fourth-order valence-corrected chi connectivity index (χ4v) is 4.81. The van der Waals surface area contributed by atoms with Gasteiger partial charge in [0, 0.05) is 23.1 Å². The number of hydrogen-bond donors (Lipinski definition) is 1. The van der Waals surface area contributed by atoms with Gasteiger partial charge in [-0.05, 0) is 61.7 Å². The Hall–Kier alpha value is -4.58. The third kappa shape index (κ3) is 4.42. The standard InChI is InChI=1S/C31H26O6/c1-4-35-31(34)27-19(3)15-25-29(28(27)21-8-6-5-7-9-21)30(33)26(37-25)16-22-11-13-24(36-22)23-12-10-20(17-32)14-18(23)2/h5-17,28,33H,4H2,1-3H3. The minimum absolute atomic E-state index is 0.0566. The molecule has 1 aliphatic carbocycles. The number of fused-ring (bicyclic) bond motifs is 1. The average Bonchev–Trinajstić information content (AvgIpc) is 3.48. The highest BCUT2D eigenvalue weighted by molar-refractivity contribution is 5.95. The van der Waals surface area contributed by atoms with Crippen LogP contribution in [-0.4, -0.2) is 24.0 Å². The largest absolute Gasteiger partial charge is 0.504 e. The van der Waals surface area contributed by atoms with Crippen molar-refractivity contribution in [3.05, 3.63) is 111 Å². The number of ether oxygens (including phenoxy) is 1. The topological polar surface area (TPSA) is 89.9 Å². The van der Waals surface area contributed by atoms with Gasteiger partial charge in [-0.2, -0.15) is 0 Å². The van der Waals surface area contributed by atoms with Crippen LogP contribution < -0.4 is 10.8 Å². The highest BCUT2D eigenvalue weighted by atomic mass is 16.5. The maximum Gasteiger partial charge on any atom is 0.335 e. The second kappa shape index (κ2) is 9.82. The molecule has 0 bridgehead atoms. The lowest BCUT2D eigenvalue weighted by Gasteiger charge is -2.23. The van der Waals surface area contributed by atoms with Crippen LogP contribution in [0.4, 0.5) is 0 Å². The van der Waals surface area contributed by atoms with Gasteiger partial charge in [0.2, 0.25) is 0 Å². The Balaban J connectivity index is 1.61. The molecule has 0 aliphatic heterocycles. The van der Waals surface area contributed by atoms with E-state index in [1.54, 1.807) is 37.3 Å². The summed E-state index contributed by atoms with van der Waals surface area (Å²) in [5.41, 5.74) is 5.63. The normalized spacial score (nSPS) is 15.3. The Kier molecular flexibility index (Phi) is 6.40. The molecule has 0 saturated carbocycles. The second-order valence-electron chi connectivity index (χ2n) is 8.94. The Morgan fingerprint density at radius 2 is 1.84 bits per heavy atom. The molecule has 186 valence electrons. The Morgan fingerprint density at radius 1 is 1.05 bits per heavy atom. The summed E-state index contributed by atoms with van der Waals surface area (Å²) >= 11 is 0. The number of aromatic hydroxyl groups is 1. The van der Waals surface area contributed by atoms with Gasteiger partial charge in [-0.1, -0.05) is 42.5 Å². The molecule has 0 radical (unpaired) electrons. The first-order valence-corrected chi connectivity index (χ1v) is 12.0. The summed E-state index contributed by atoms with van der Waals surface area (Å²) in [5.74, 6) is 0.0966. The van der Waals surface area contributed by atoms with E-state index in [4.69, 9.17) is 13.6 Å². The molecule has 37 heavy (non-hydrogen) atoms. The minimum Gasteiger partial charge on any atom is -0.504 e. The predicted octanol–water partition coefficient (Wildman–Crippen LogP) is 5.00. The smallest absolute Gasteiger partial charge is 0.335 e. The maximum absolute atomic E-state index is 13.0. The molecule has 2 heterocycles. The summed E-state index contributed by atoms with van der Waals surface area (Å²) < 4.78 is 17.5. The van der Waals surface area contributed by atoms with Gasteiger partial charge in [-0.15, -0.1) is 0 Å². The van der Waals surface area contributed by atoms with E-state index < -0.39 is 11.9 Å². The molecule has 1 unspecified atom stereocenters. The zero-order valence-corrected chi connectivity index (χ0v) is 20.8.